The maximum Gasteiger partial charge on any atom is 0.200 e. The first-order chi connectivity index (χ1) is 14.2. The minimum atomic E-state index is -0.102. The summed E-state index contributed by atoms with van der Waals surface area (Å²) in [7, 11) is 1.62. The summed E-state index contributed by atoms with van der Waals surface area (Å²) >= 11 is 0. The molecule has 0 aliphatic carbocycles. The molecule has 3 aromatic carbocycles. The fraction of sp³-hybridized carbons (Fsp3) is 0.0400. The number of ether oxygens (including phenoxy) is 1. The normalized spacial score (nSPS) is 11.8. The third kappa shape index (κ3) is 3.67. The van der Waals surface area contributed by atoms with Gasteiger partial charge >= 0.3 is 0 Å². The van der Waals surface area contributed by atoms with Gasteiger partial charge in [0.05, 0.1) is 29.5 Å². The lowest BCUT2D eigenvalue weighted by molar-refractivity contribution is 0.415. The number of para-hydroxylation sites is 1. The second-order valence-electron chi connectivity index (χ2n) is 6.46. The highest BCUT2D eigenvalue weighted by Crippen LogP contribution is 2.23. The van der Waals surface area contributed by atoms with Gasteiger partial charge in [0.15, 0.2) is 0 Å². The lowest BCUT2D eigenvalue weighted by Gasteiger charge is -2.04. The Morgan fingerprint density at radius 2 is 1.76 bits per heavy atom. The van der Waals surface area contributed by atoms with Gasteiger partial charge in [0.2, 0.25) is 5.43 Å². The van der Waals surface area contributed by atoms with Gasteiger partial charge in [-0.2, -0.15) is 5.26 Å². The second-order valence-corrected chi connectivity index (χ2v) is 6.46. The van der Waals surface area contributed by atoms with Crippen LogP contribution >= 0.6 is 0 Å². The van der Waals surface area contributed by atoms with Crippen molar-refractivity contribution in [2.45, 2.75) is 0 Å². The van der Waals surface area contributed by atoms with Crippen LogP contribution in [-0.2, 0) is 0 Å². The molecule has 0 saturated heterocycles. The molecule has 4 heteroatoms. The number of hydrogen-bond acceptors (Lipinski definition) is 4. The average molecular weight is 379 g/mol. The van der Waals surface area contributed by atoms with E-state index in [1.807, 2.05) is 42.5 Å². The van der Waals surface area contributed by atoms with Crippen LogP contribution in [0.3, 0.4) is 0 Å². The zero-order valence-corrected chi connectivity index (χ0v) is 15.8. The standard InChI is InChI=1S/C25H17NO3/c1-28-20-12-9-17(10-13-20)5-4-6-19(16-26)18-11-14-24-22(15-18)25(27)21-7-2-3-8-23(21)29-24/h2-15H,1H3/b5-4+,19-6-. The molecular weight excluding hydrogens is 362 g/mol. The van der Waals surface area contributed by atoms with E-state index in [2.05, 4.69) is 6.07 Å². The van der Waals surface area contributed by atoms with E-state index >= 15 is 0 Å². The highest BCUT2D eigenvalue weighted by atomic mass is 16.5. The highest BCUT2D eigenvalue weighted by molar-refractivity contribution is 5.92. The van der Waals surface area contributed by atoms with Crippen molar-refractivity contribution in [2.24, 2.45) is 0 Å². The van der Waals surface area contributed by atoms with E-state index in [1.165, 1.54) is 0 Å². The molecule has 0 aliphatic rings. The molecule has 4 rings (SSSR count). The molecule has 140 valence electrons. The first-order valence-electron chi connectivity index (χ1n) is 9.08. The minimum absolute atomic E-state index is 0.102. The van der Waals surface area contributed by atoms with Crippen molar-refractivity contribution in [1.82, 2.24) is 0 Å². The lowest BCUT2D eigenvalue weighted by atomic mass is 10.0. The Kier molecular flexibility index (Phi) is 4.96. The summed E-state index contributed by atoms with van der Waals surface area (Å²) in [6.45, 7) is 0. The molecule has 4 aromatic rings. The van der Waals surface area contributed by atoms with Crippen LogP contribution in [-0.4, -0.2) is 7.11 Å². The molecule has 1 aromatic heterocycles. The molecule has 0 radical (unpaired) electrons. The van der Waals surface area contributed by atoms with Crippen LogP contribution in [0.25, 0.3) is 33.6 Å². The Morgan fingerprint density at radius 1 is 1.00 bits per heavy atom. The number of rotatable bonds is 4. The number of allylic oxidation sites excluding steroid dienone is 3. The van der Waals surface area contributed by atoms with Gasteiger partial charge in [0, 0.05) is 0 Å². The fourth-order valence-electron chi connectivity index (χ4n) is 3.14. The van der Waals surface area contributed by atoms with Crippen molar-refractivity contribution in [3.05, 3.63) is 100 Å². The second kappa shape index (κ2) is 7.87. The van der Waals surface area contributed by atoms with Crippen LogP contribution in [0.5, 0.6) is 5.75 Å². The van der Waals surface area contributed by atoms with Crippen molar-refractivity contribution in [1.29, 1.82) is 5.26 Å². The molecule has 0 saturated carbocycles. The maximum absolute atomic E-state index is 12.8. The number of nitriles is 1. The van der Waals surface area contributed by atoms with Gasteiger partial charge in [-0.1, -0.05) is 36.4 Å². The van der Waals surface area contributed by atoms with E-state index in [-0.39, 0.29) is 5.43 Å². The maximum atomic E-state index is 12.8. The minimum Gasteiger partial charge on any atom is -0.497 e. The molecule has 0 bridgehead atoms. The Bertz CT molecular complexity index is 1350. The van der Waals surface area contributed by atoms with Gasteiger partial charge < -0.3 is 9.15 Å². The monoisotopic (exact) mass is 379 g/mol. The van der Waals surface area contributed by atoms with E-state index < -0.39 is 0 Å². The summed E-state index contributed by atoms with van der Waals surface area (Å²) in [6, 6.07) is 22.2. The number of benzene rings is 3. The third-order valence-corrected chi connectivity index (χ3v) is 4.67. The largest absolute Gasteiger partial charge is 0.497 e. The van der Waals surface area contributed by atoms with Gasteiger partial charge in [0.1, 0.15) is 16.9 Å². The Balaban J connectivity index is 1.71. The molecule has 0 unspecified atom stereocenters. The molecule has 1 heterocycles. The molecule has 0 atom stereocenters. The molecule has 4 nitrogen and oxygen atoms in total. The number of hydrogen-bond donors (Lipinski definition) is 0. The fourth-order valence-corrected chi connectivity index (χ4v) is 3.14. The molecule has 29 heavy (non-hydrogen) atoms. The van der Waals surface area contributed by atoms with Gasteiger partial charge in [-0.3, -0.25) is 4.79 Å². The van der Waals surface area contributed by atoms with E-state index in [4.69, 9.17) is 9.15 Å². The zero-order valence-electron chi connectivity index (χ0n) is 15.8. The predicted octanol–water partition coefficient (Wildman–Crippen LogP) is 5.58. The number of fused-ring (bicyclic) bond motifs is 2. The first-order valence-corrected chi connectivity index (χ1v) is 9.08. The Morgan fingerprint density at radius 3 is 2.52 bits per heavy atom. The quantitative estimate of drug-likeness (QED) is 0.264. The predicted molar refractivity (Wildman–Crippen MR) is 116 cm³/mol. The van der Waals surface area contributed by atoms with E-state index in [1.54, 1.807) is 49.6 Å². The van der Waals surface area contributed by atoms with Gasteiger partial charge in [-0.15, -0.1) is 0 Å². The van der Waals surface area contributed by atoms with Crippen LogP contribution in [0.15, 0.2) is 88.1 Å². The topological polar surface area (TPSA) is 63.2 Å². The van der Waals surface area contributed by atoms with E-state index in [0.717, 1.165) is 11.3 Å². The van der Waals surface area contributed by atoms with Gasteiger partial charge in [-0.25, -0.2) is 0 Å². The highest BCUT2D eigenvalue weighted by Gasteiger charge is 2.09. The Hall–Kier alpha value is -4.10. The summed E-state index contributed by atoms with van der Waals surface area (Å²) in [5, 5.41) is 10.6. The SMILES string of the molecule is COc1ccc(/C=C/C=C(/C#N)c2ccc3oc4ccccc4c(=O)c3c2)cc1. The molecule has 0 spiro atoms. The number of methoxy groups -OCH3 is 1. The van der Waals surface area contributed by atoms with Crippen LogP contribution < -0.4 is 10.2 Å². The molecule has 0 aliphatic heterocycles. The van der Waals surface area contributed by atoms with Crippen molar-refractivity contribution in [3.8, 4) is 11.8 Å². The molecule has 0 amide bonds. The van der Waals surface area contributed by atoms with Gasteiger partial charge in [0.25, 0.3) is 0 Å². The zero-order chi connectivity index (χ0) is 20.2. The molecule has 0 fully saturated rings. The summed E-state index contributed by atoms with van der Waals surface area (Å²) in [5.74, 6) is 0.790. The van der Waals surface area contributed by atoms with Crippen molar-refractivity contribution < 1.29 is 9.15 Å². The summed E-state index contributed by atoms with van der Waals surface area (Å²) in [4.78, 5) is 12.8. The Labute approximate surface area is 167 Å². The first kappa shape index (κ1) is 18.3. The van der Waals surface area contributed by atoms with Crippen molar-refractivity contribution >= 4 is 33.6 Å². The van der Waals surface area contributed by atoms with E-state index in [9.17, 15) is 10.1 Å². The van der Waals surface area contributed by atoms with Crippen LogP contribution in [0.2, 0.25) is 0 Å². The summed E-state index contributed by atoms with van der Waals surface area (Å²) < 4.78 is 11.0. The lowest BCUT2D eigenvalue weighted by Crippen LogP contribution is -2.02. The number of nitrogens with zero attached hydrogens (tertiary/aromatic N) is 1. The van der Waals surface area contributed by atoms with Crippen molar-refractivity contribution in [3.63, 3.8) is 0 Å². The summed E-state index contributed by atoms with van der Waals surface area (Å²) in [5.41, 5.74) is 3.07. The van der Waals surface area contributed by atoms with Crippen LogP contribution in [0.1, 0.15) is 11.1 Å². The third-order valence-electron chi connectivity index (χ3n) is 4.67. The summed E-state index contributed by atoms with van der Waals surface area (Å²) in [6.07, 6.45) is 5.45. The smallest absolute Gasteiger partial charge is 0.200 e. The average Bonchev–Trinajstić information content (AvgIpc) is 2.77. The van der Waals surface area contributed by atoms with Crippen LogP contribution in [0.4, 0.5) is 0 Å². The van der Waals surface area contributed by atoms with E-state index in [0.29, 0.717) is 33.1 Å². The molecular formula is C25H17NO3. The molecule has 0 N–H and O–H groups in total. The van der Waals surface area contributed by atoms with Gasteiger partial charge in [-0.05, 0) is 59.7 Å². The van der Waals surface area contributed by atoms with Crippen LogP contribution in [0, 0.1) is 11.3 Å². The van der Waals surface area contributed by atoms with Crippen molar-refractivity contribution in [2.75, 3.05) is 7.11 Å².